The number of morpholine rings is 1. The second-order valence-corrected chi connectivity index (χ2v) is 6.72. The number of urea groups is 1. The average molecular weight is 296 g/mol. The Morgan fingerprint density at radius 2 is 2.14 bits per heavy atom. The molecule has 3 fully saturated rings. The van der Waals surface area contributed by atoms with Gasteiger partial charge in [0.25, 0.3) is 0 Å². The normalized spacial score (nSPS) is 35.0. The van der Waals surface area contributed by atoms with Gasteiger partial charge in [-0.05, 0) is 37.0 Å². The summed E-state index contributed by atoms with van der Waals surface area (Å²) in [4.78, 5) is 26.9. The molecule has 6 nitrogen and oxygen atoms in total. The van der Waals surface area contributed by atoms with Gasteiger partial charge in [0.2, 0.25) is 0 Å². The van der Waals surface area contributed by atoms with Gasteiger partial charge in [-0.3, -0.25) is 0 Å². The Balaban J connectivity index is 1.59. The maximum Gasteiger partial charge on any atom is 0.328 e. The Morgan fingerprint density at radius 3 is 2.76 bits per heavy atom. The third-order valence-electron chi connectivity index (χ3n) is 5.38. The van der Waals surface area contributed by atoms with E-state index in [1.807, 2.05) is 0 Å². The van der Waals surface area contributed by atoms with Gasteiger partial charge in [-0.1, -0.05) is 6.42 Å². The van der Waals surface area contributed by atoms with Gasteiger partial charge < -0.3 is 19.6 Å². The van der Waals surface area contributed by atoms with Crippen molar-refractivity contribution >= 4 is 12.0 Å². The van der Waals surface area contributed by atoms with E-state index in [0.717, 1.165) is 18.4 Å². The van der Waals surface area contributed by atoms with Crippen LogP contribution in [0.15, 0.2) is 0 Å². The van der Waals surface area contributed by atoms with Gasteiger partial charge >= 0.3 is 12.0 Å². The molecule has 4 unspecified atom stereocenters. The number of hydrogen-bond acceptors (Lipinski definition) is 3. The van der Waals surface area contributed by atoms with Crippen LogP contribution in [0.3, 0.4) is 0 Å². The lowest BCUT2D eigenvalue weighted by Gasteiger charge is -2.37. The van der Waals surface area contributed by atoms with Crippen LogP contribution in [0.1, 0.15) is 25.7 Å². The van der Waals surface area contributed by atoms with E-state index in [-0.39, 0.29) is 12.6 Å². The van der Waals surface area contributed by atoms with E-state index in [1.54, 1.807) is 11.9 Å². The van der Waals surface area contributed by atoms with Gasteiger partial charge in [0.1, 0.15) is 0 Å². The van der Waals surface area contributed by atoms with Crippen molar-refractivity contribution < 1.29 is 19.4 Å². The zero-order valence-electron chi connectivity index (χ0n) is 12.5. The van der Waals surface area contributed by atoms with Crippen LogP contribution in [-0.4, -0.2) is 66.3 Å². The molecule has 1 N–H and O–H groups in total. The van der Waals surface area contributed by atoms with Crippen molar-refractivity contribution in [2.45, 2.75) is 31.7 Å². The number of hydrogen-bond donors (Lipinski definition) is 1. The molecule has 4 atom stereocenters. The molecule has 21 heavy (non-hydrogen) atoms. The molecule has 0 aromatic rings. The molecular formula is C15H24N2O4. The van der Waals surface area contributed by atoms with E-state index in [2.05, 4.69) is 0 Å². The zero-order chi connectivity index (χ0) is 15.0. The predicted octanol–water partition coefficient (Wildman–Crippen LogP) is 1.26. The average Bonchev–Trinajstić information content (AvgIpc) is 3.09. The SMILES string of the molecule is CN(CC1CC2CCC1C2)C(=O)N1CCOCC1C(=O)O. The maximum absolute atomic E-state index is 12.5. The van der Waals surface area contributed by atoms with Gasteiger partial charge in [0.15, 0.2) is 6.04 Å². The molecule has 3 aliphatic rings. The van der Waals surface area contributed by atoms with Gasteiger partial charge in [-0.25, -0.2) is 9.59 Å². The van der Waals surface area contributed by atoms with Crippen molar-refractivity contribution in [2.75, 3.05) is 33.4 Å². The number of rotatable bonds is 3. The van der Waals surface area contributed by atoms with Crippen LogP contribution >= 0.6 is 0 Å². The van der Waals surface area contributed by atoms with Crippen LogP contribution in [0.4, 0.5) is 4.79 Å². The number of ether oxygens (including phenoxy) is 1. The Labute approximate surface area is 125 Å². The van der Waals surface area contributed by atoms with E-state index in [4.69, 9.17) is 4.74 Å². The van der Waals surface area contributed by atoms with Crippen LogP contribution in [-0.2, 0) is 9.53 Å². The van der Waals surface area contributed by atoms with Crippen LogP contribution in [0.2, 0.25) is 0 Å². The monoisotopic (exact) mass is 296 g/mol. The second-order valence-electron chi connectivity index (χ2n) is 6.72. The van der Waals surface area contributed by atoms with E-state index in [0.29, 0.717) is 19.1 Å². The molecule has 2 amide bonds. The molecule has 0 aromatic carbocycles. The highest BCUT2D eigenvalue weighted by molar-refractivity contribution is 5.83. The summed E-state index contributed by atoms with van der Waals surface area (Å²) in [6, 6.07) is -1.03. The Morgan fingerprint density at radius 1 is 1.33 bits per heavy atom. The molecule has 1 saturated heterocycles. The van der Waals surface area contributed by atoms with Crippen LogP contribution in [0, 0.1) is 17.8 Å². The van der Waals surface area contributed by atoms with E-state index >= 15 is 0 Å². The third-order valence-corrected chi connectivity index (χ3v) is 5.38. The molecule has 1 heterocycles. The minimum atomic E-state index is -0.989. The Hall–Kier alpha value is -1.30. The number of carboxylic acid groups (broad SMARTS) is 1. The van der Waals surface area contributed by atoms with E-state index < -0.39 is 12.0 Å². The van der Waals surface area contributed by atoms with Gasteiger partial charge in [-0.2, -0.15) is 0 Å². The van der Waals surface area contributed by atoms with Crippen molar-refractivity contribution in [1.29, 1.82) is 0 Å². The van der Waals surface area contributed by atoms with Gasteiger partial charge in [0.05, 0.1) is 13.2 Å². The van der Waals surface area contributed by atoms with Crippen molar-refractivity contribution in [3.63, 3.8) is 0 Å². The fourth-order valence-corrected chi connectivity index (χ4v) is 4.29. The lowest BCUT2D eigenvalue weighted by molar-refractivity contribution is -0.147. The number of nitrogens with zero attached hydrogens (tertiary/aromatic N) is 2. The first kappa shape index (κ1) is 14.6. The van der Waals surface area contributed by atoms with Crippen LogP contribution in [0.5, 0.6) is 0 Å². The largest absolute Gasteiger partial charge is 0.480 e. The van der Waals surface area contributed by atoms with Crippen molar-refractivity contribution in [3.8, 4) is 0 Å². The van der Waals surface area contributed by atoms with Gasteiger partial charge in [0, 0.05) is 20.1 Å². The highest BCUT2D eigenvalue weighted by Gasteiger charge is 2.41. The van der Waals surface area contributed by atoms with Crippen LogP contribution in [0.25, 0.3) is 0 Å². The number of carbonyl (C=O) groups is 2. The fourth-order valence-electron chi connectivity index (χ4n) is 4.29. The number of aliphatic carboxylic acids is 1. The molecule has 2 saturated carbocycles. The number of carbonyl (C=O) groups excluding carboxylic acids is 1. The van der Waals surface area contributed by atoms with Crippen molar-refractivity contribution in [2.24, 2.45) is 17.8 Å². The summed E-state index contributed by atoms with van der Waals surface area (Å²) in [7, 11) is 1.79. The summed E-state index contributed by atoms with van der Waals surface area (Å²) in [5.74, 6) is 1.24. The minimum Gasteiger partial charge on any atom is -0.480 e. The number of carboxylic acids is 1. The number of fused-ring (bicyclic) bond motifs is 2. The number of amides is 2. The van der Waals surface area contributed by atoms with Crippen LogP contribution < -0.4 is 0 Å². The molecule has 1 aliphatic heterocycles. The van der Waals surface area contributed by atoms with E-state index in [1.165, 1.54) is 30.6 Å². The fraction of sp³-hybridized carbons (Fsp3) is 0.867. The molecule has 0 radical (unpaired) electrons. The standard InChI is InChI=1S/C15H24N2O4/c1-16(8-12-7-10-2-3-11(12)6-10)15(20)17-4-5-21-9-13(17)14(18)19/h10-13H,2-9H2,1H3,(H,18,19). The molecule has 3 rings (SSSR count). The summed E-state index contributed by atoms with van der Waals surface area (Å²) in [5, 5.41) is 9.22. The van der Waals surface area contributed by atoms with Gasteiger partial charge in [-0.15, -0.1) is 0 Å². The quantitative estimate of drug-likeness (QED) is 0.851. The first-order valence-corrected chi connectivity index (χ1v) is 7.88. The Bertz CT molecular complexity index is 428. The zero-order valence-corrected chi connectivity index (χ0v) is 12.5. The molecule has 2 bridgehead atoms. The first-order valence-electron chi connectivity index (χ1n) is 7.88. The predicted molar refractivity (Wildman–Crippen MR) is 75.9 cm³/mol. The lowest BCUT2D eigenvalue weighted by Crippen LogP contribution is -2.56. The van der Waals surface area contributed by atoms with E-state index in [9.17, 15) is 14.7 Å². The summed E-state index contributed by atoms with van der Waals surface area (Å²) >= 11 is 0. The lowest BCUT2D eigenvalue weighted by atomic mass is 9.88. The molecule has 6 heteroatoms. The molecule has 118 valence electrons. The highest BCUT2D eigenvalue weighted by atomic mass is 16.5. The molecule has 0 aromatic heterocycles. The van der Waals surface area contributed by atoms with Crippen molar-refractivity contribution in [1.82, 2.24) is 9.80 Å². The first-order chi connectivity index (χ1) is 10.1. The summed E-state index contributed by atoms with van der Waals surface area (Å²) < 4.78 is 5.18. The molecule has 2 aliphatic carbocycles. The summed E-state index contributed by atoms with van der Waals surface area (Å²) in [6.45, 7) is 1.61. The maximum atomic E-state index is 12.5. The third kappa shape index (κ3) is 2.86. The summed E-state index contributed by atoms with van der Waals surface area (Å²) in [5.41, 5.74) is 0. The highest BCUT2D eigenvalue weighted by Crippen LogP contribution is 2.48. The van der Waals surface area contributed by atoms with Crippen molar-refractivity contribution in [3.05, 3.63) is 0 Å². The Kier molecular flexibility index (Phi) is 4.06. The molecular weight excluding hydrogens is 272 g/mol. The second kappa shape index (κ2) is 5.83. The smallest absolute Gasteiger partial charge is 0.328 e. The minimum absolute atomic E-state index is 0.0864. The molecule has 0 spiro atoms. The topological polar surface area (TPSA) is 70.1 Å². The summed E-state index contributed by atoms with van der Waals surface area (Å²) in [6.07, 6.45) is 5.20.